The van der Waals surface area contributed by atoms with Crippen molar-refractivity contribution in [3.05, 3.63) is 40.5 Å². The van der Waals surface area contributed by atoms with Gasteiger partial charge >= 0.3 is 0 Å². The summed E-state index contributed by atoms with van der Waals surface area (Å²) in [6.07, 6.45) is 0. The van der Waals surface area contributed by atoms with Crippen LogP contribution in [0.1, 0.15) is 0 Å². The lowest BCUT2D eigenvalue weighted by molar-refractivity contribution is 0.471. The Labute approximate surface area is 89.4 Å². The third-order valence-electron chi connectivity index (χ3n) is 1.83. The van der Waals surface area contributed by atoms with Crippen LogP contribution in [-0.2, 0) is 0 Å². The van der Waals surface area contributed by atoms with Crippen LogP contribution in [0, 0.1) is 5.82 Å². The van der Waals surface area contributed by atoms with Crippen molar-refractivity contribution in [2.24, 2.45) is 0 Å². The van der Waals surface area contributed by atoms with Crippen LogP contribution < -0.4 is 0 Å². The topological polar surface area (TPSA) is 20.2 Å². The molecule has 1 nitrogen and oxygen atoms in total. The van der Waals surface area contributed by atoms with Gasteiger partial charge in [-0.3, -0.25) is 0 Å². The van der Waals surface area contributed by atoms with E-state index in [0.717, 1.165) is 10.9 Å². The third-order valence-corrected chi connectivity index (χ3v) is 3.02. The maximum absolute atomic E-state index is 12.9. The van der Waals surface area contributed by atoms with Gasteiger partial charge in [-0.2, -0.15) is 0 Å². The van der Waals surface area contributed by atoms with Crippen LogP contribution in [0.25, 0.3) is 10.4 Å². The highest BCUT2D eigenvalue weighted by Gasteiger charge is 2.09. The Balaban J connectivity index is 2.60. The Bertz CT molecular complexity index is 453. The zero-order chi connectivity index (χ0) is 10.1. The van der Waals surface area contributed by atoms with E-state index in [1.54, 1.807) is 0 Å². The quantitative estimate of drug-likeness (QED) is 0.785. The number of rotatable bonds is 1. The van der Waals surface area contributed by atoms with E-state index in [-0.39, 0.29) is 10.8 Å². The number of aromatic hydroxyl groups is 1. The SMILES string of the molecule is Oc1cc(F)c(Cl)cc1-c1cccs1. The molecule has 0 spiro atoms. The van der Waals surface area contributed by atoms with Crippen LogP contribution in [0.2, 0.25) is 5.02 Å². The summed E-state index contributed by atoms with van der Waals surface area (Å²) in [6, 6.07) is 6.15. The highest BCUT2D eigenvalue weighted by Crippen LogP contribution is 2.35. The molecule has 14 heavy (non-hydrogen) atoms. The smallest absolute Gasteiger partial charge is 0.145 e. The number of halogens is 2. The molecule has 0 atom stereocenters. The molecule has 4 heteroatoms. The van der Waals surface area contributed by atoms with Crippen molar-refractivity contribution in [2.75, 3.05) is 0 Å². The maximum atomic E-state index is 12.9. The van der Waals surface area contributed by atoms with Crippen molar-refractivity contribution in [2.45, 2.75) is 0 Å². The molecule has 0 unspecified atom stereocenters. The molecule has 0 saturated heterocycles. The van der Waals surface area contributed by atoms with Gasteiger partial charge in [-0.15, -0.1) is 11.3 Å². The second kappa shape index (κ2) is 3.59. The summed E-state index contributed by atoms with van der Waals surface area (Å²) in [6.45, 7) is 0. The fraction of sp³-hybridized carbons (Fsp3) is 0. The molecule has 0 bridgehead atoms. The molecule has 0 aliphatic rings. The van der Waals surface area contributed by atoms with Crippen molar-refractivity contribution in [3.63, 3.8) is 0 Å². The largest absolute Gasteiger partial charge is 0.507 e. The lowest BCUT2D eigenvalue weighted by Crippen LogP contribution is -1.80. The van der Waals surface area contributed by atoms with E-state index in [1.165, 1.54) is 17.4 Å². The molecule has 1 aromatic carbocycles. The highest BCUT2D eigenvalue weighted by atomic mass is 35.5. The highest BCUT2D eigenvalue weighted by molar-refractivity contribution is 7.13. The van der Waals surface area contributed by atoms with Crippen molar-refractivity contribution in [3.8, 4) is 16.2 Å². The van der Waals surface area contributed by atoms with Crippen LogP contribution in [0.5, 0.6) is 5.75 Å². The molecule has 0 radical (unpaired) electrons. The molecule has 0 fully saturated rings. The van der Waals surface area contributed by atoms with Gasteiger partial charge in [-0.05, 0) is 17.5 Å². The van der Waals surface area contributed by atoms with Crippen molar-refractivity contribution in [1.82, 2.24) is 0 Å². The van der Waals surface area contributed by atoms with E-state index >= 15 is 0 Å². The Morgan fingerprint density at radius 1 is 1.36 bits per heavy atom. The summed E-state index contributed by atoms with van der Waals surface area (Å²) in [5, 5.41) is 11.4. The minimum atomic E-state index is -0.607. The van der Waals surface area contributed by atoms with Crippen molar-refractivity contribution >= 4 is 22.9 Å². The molecular formula is C10H6ClFOS. The maximum Gasteiger partial charge on any atom is 0.145 e. The standard InChI is InChI=1S/C10H6ClFOS/c11-7-4-6(9(13)5-8(7)12)10-2-1-3-14-10/h1-5,13H. The third kappa shape index (κ3) is 1.61. The van der Waals surface area contributed by atoms with Crippen LogP contribution in [0.3, 0.4) is 0 Å². The molecule has 1 N–H and O–H groups in total. The van der Waals surface area contributed by atoms with Gasteiger partial charge in [0.05, 0.1) is 5.02 Å². The summed E-state index contributed by atoms with van der Waals surface area (Å²) >= 11 is 7.08. The van der Waals surface area contributed by atoms with Gasteiger partial charge in [0.15, 0.2) is 0 Å². The van der Waals surface area contributed by atoms with E-state index in [1.807, 2.05) is 17.5 Å². The molecule has 1 heterocycles. The van der Waals surface area contributed by atoms with E-state index in [0.29, 0.717) is 5.56 Å². The molecule has 0 amide bonds. The lowest BCUT2D eigenvalue weighted by Gasteiger charge is -2.03. The minimum Gasteiger partial charge on any atom is -0.507 e. The number of hydrogen-bond acceptors (Lipinski definition) is 2. The van der Waals surface area contributed by atoms with Gasteiger partial charge in [0, 0.05) is 16.5 Å². The molecule has 0 saturated carbocycles. The van der Waals surface area contributed by atoms with Gasteiger partial charge in [0.25, 0.3) is 0 Å². The van der Waals surface area contributed by atoms with E-state index in [9.17, 15) is 9.50 Å². The van der Waals surface area contributed by atoms with E-state index in [2.05, 4.69) is 0 Å². The molecule has 2 aromatic rings. The zero-order valence-corrected chi connectivity index (χ0v) is 8.57. The summed E-state index contributed by atoms with van der Waals surface area (Å²) in [5.41, 5.74) is 0.561. The number of phenols is 1. The fourth-order valence-corrected chi connectivity index (χ4v) is 2.08. The lowest BCUT2D eigenvalue weighted by atomic mass is 10.1. The predicted molar refractivity (Wildman–Crippen MR) is 56.4 cm³/mol. The summed E-state index contributed by atoms with van der Waals surface area (Å²) in [5.74, 6) is -0.696. The Morgan fingerprint density at radius 2 is 2.14 bits per heavy atom. The Kier molecular flexibility index (Phi) is 2.44. The average molecular weight is 229 g/mol. The second-order valence-corrected chi connectivity index (χ2v) is 4.12. The van der Waals surface area contributed by atoms with Crippen molar-refractivity contribution in [1.29, 1.82) is 0 Å². The zero-order valence-electron chi connectivity index (χ0n) is 7.00. The van der Waals surface area contributed by atoms with Crippen molar-refractivity contribution < 1.29 is 9.50 Å². The normalized spacial score (nSPS) is 10.4. The molecule has 0 aliphatic heterocycles. The number of hydrogen-bond donors (Lipinski definition) is 1. The van der Waals surface area contributed by atoms with Gasteiger partial charge in [-0.1, -0.05) is 17.7 Å². The van der Waals surface area contributed by atoms with Gasteiger partial charge < -0.3 is 5.11 Å². The summed E-state index contributed by atoms with van der Waals surface area (Å²) in [7, 11) is 0. The molecule has 2 rings (SSSR count). The molecular weight excluding hydrogens is 223 g/mol. The summed E-state index contributed by atoms with van der Waals surface area (Å²) < 4.78 is 12.9. The van der Waals surface area contributed by atoms with Crippen LogP contribution in [0.4, 0.5) is 4.39 Å². The van der Waals surface area contributed by atoms with E-state index < -0.39 is 5.82 Å². The Morgan fingerprint density at radius 3 is 2.79 bits per heavy atom. The van der Waals surface area contributed by atoms with Crippen LogP contribution in [0.15, 0.2) is 29.6 Å². The van der Waals surface area contributed by atoms with Gasteiger partial charge in [0.1, 0.15) is 11.6 Å². The fourth-order valence-electron chi connectivity index (χ4n) is 1.17. The monoisotopic (exact) mass is 228 g/mol. The van der Waals surface area contributed by atoms with Gasteiger partial charge in [0.2, 0.25) is 0 Å². The van der Waals surface area contributed by atoms with Gasteiger partial charge in [-0.25, -0.2) is 4.39 Å². The number of benzene rings is 1. The molecule has 72 valence electrons. The molecule has 1 aromatic heterocycles. The average Bonchev–Trinajstić information content (AvgIpc) is 2.64. The van der Waals surface area contributed by atoms with E-state index in [4.69, 9.17) is 11.6 Å². The van der Waals surface area contributed by atoms with Crippen LogP contribution in [-0.4, -0.2) is 5.11 Å². The molecule has 0 aliphatic carbocycles. The number of thiophene rings is 1. The first-order valence-electron chi connectivity index (χ1n) is 3.90. The number of phenolic OH excluding ortho intramolecular Hbond substituents is 1. The predicted octanol–water partition coefficient (Wildman–Crippen LogP) is 3.91. The minimum absolute atomic E-state index is 0.0196. The Hall–Kier alpha value is -1.06. The second-order valence-electron chi connectivity index (χ2n) is 2.76. The first-order valence-corrected chi connectivity index (χ1v) is 5.16. The first-order chi connectivity index (χ1) is 6.68. The first kappa shape index (κ1) is 9.49. The summed E-state index contributed by atoms with van der Waals surface area (Å²) in [4.78, 5) is 0.865. The van der Waals surface area contributed by atoms with Crippen LogP contribution >= 0.6 is 22.9 Å².